The average Bonchev–Trinajstić information content (AvgIpc) is 2.96. The first-order valence-electron chi connectivity index (χ1n) is 7.33. The fraction of sp³-hybridized carbons (Fsp3) is 0.375. The summed E-state index contributed by atoms with van der Waals surface area (Å²) in [6.45, 7) is 6.12. The van der Waals surface area contributed by atoms with Gasteiger partial charge in [-0.2, -0.15) is 0 Å². The van der Waals surface area contributed by atoms with Crippen LogP contribution in [0.2, 0.25) is 0 Å². The van der Waals surface area contributed by atoms with E-state index in [0.29, 0.717) is 11.6 Å². The molecule has 1 amide bonds. The van der Waals surface area contributed by atoms with Crippen LogP contribution < -0.4 is 5.32 Å². The molecule has 1 N–H and O–H groups in total. The molecule has 6 nitrogen and oxygen atoms in total. The van der Waals surface area contributed by atoms with E-state index in [-0.39, 0.29) is 5.91 Å². The Labute approximate surface area is 129 Å². The number of rotatable bonds is 4. The van der Waals surface area contributed by atoms with Crippen LogP contribution in [0.5, 0.6) is 0 Å². The molecule has 0 spiro atoms. The van der Waals surface area contributed by atoms with Crippen LogP contribution in [-0.4, -0.2) is 42.1 Å². The Balaban J connectivity index is 1.59. The van der Waals surface area contributed by atoms with Gasteiger partial charge in [0.05, 0.1) is 19.5 Å². The van der Waals surface area contributed by atoms with Gasteiger partial charge in [-0.25, -0.2) is 4.98 Å². The number of ether oxygens (including phenoxy) is 1. The summed E-state index contributed by atoms with van der Waals surface area (Å²) in [4.78, 5) is 18.6. The molecule has 1 aliphatic rings. The number of nitrogens with zero attached hydrogens (tertiary/aromatic N) is 2. The van der Waals surface area contributed by atoms with Crippen LogP contribution in [0.25, 0.3) is 0 Å². The van der Waals surface area contributed by atoms with Gasteiger partial charge in [-0.3, -0.25) is 9.69 Å². The van der Waals surface area contributed by atoms with E-state index in [4.69, 9.17) is 9.15 Å². The molecule has 2 aromatic rings. The van der Waals surface area contributed by atoms with Crippen molar-refractivity contribution in [2.45, 2.75) is 13.5 Å². The fourth-order valence-corrected chi connectivity index (χ4v) is 2.39. The number of anilines is 1. The normalized spacial score (nSPS) is 15.7. The van der Waals surface area contributed by atoms with E-state index in [1.54, 1.807) is 12.3 Å². The predicted octanol–water partition coefficient (Wildman–Crippen LogP) is 2.07. The van der Waals surface area contributed by atoms with Gasteiger partial charge in [0, 0.05) is 31.4 Å². The molecule has 22 heavy (non-hydrogen) atoms. The minimum absolute atomic E-state index is 0.282. The second-order valence-electron chi connectivity index (χ2n) is 5.33. The molecule has 6 heteroatoms. The van der Waals surface area contributed by atoms with Crippen molar-refractivity contribution in [2.24, 2.45) is 0 Å². The van der Waals surface area contributed by atoms with Gasteiger partial charge < -0.3 is 14.5 Å². The lowest BCUT2D eigenvalue weighted by Gasteiger charge is -2.26. The summed E-state index contributed by atoms with van der Waals surface area (Å²) >= 11 is 0. The molecule has 1 aliphatic heterocycles. The highest BCUT2D eigenvalue weighted by Gasteiger charge is 2.14. The molecule has 1 saturated heterocycles. The Morgan fingerprint density at radius 3 is 2.77 bits per heavy atom. The SMILES string of the molecule is Cc1ccoc1C(=O)Nc1ccc(CN2CCOCC2)cn1. The molecular weight excluding hydrogens is 282 g/mol. The molecule has 2 aromatic heterocycles. The minimum Gasteiger partial charge on any atom is -0.459 e. The lowest BCUT2D eigenvalue weighted by atomic mass is 10.2. The number of hydrogen-bond donors (Lipinski definition) is 1. The molecule has 0 aliphatic carbocycles. The van der Waals surface area contributed by atoms with Crippen LogP contribution >= 0.6 is 0 Å². The summed E-state index contributed by atoms with van der Waals surface area (Å²) in [6, 6.07) is 5.55. The number of furan rings is 1. The third-order valence-electron chi connectivity index (χ3n) is 3.64. The maximum absolute atomic E-state index is 12.0. The molecule has 1 fully saturated rings. The molecule has 116 valence electrons. The topological polar surface area (TPSA) is 67.6 Å². The maximum atomic E-state index is 12.0. The molecule has 0 saturated carbocycles. The summed E-state index contributed by atoms with van der Waals surface area (Å²) in [5.41, 5.74) is 1.93. The fourth-order valence-electron chi connectivity index (χ4n) is 2.39. The van der Waals surface area contributed by atoms with Crippen LogP contribution in [0.3, 0.4) is 0 Å². The van der Waals surface area contributed by atoms with Gasteiger partial charge in [0.25, 0.3) is 5.91 Å². The first-order valence-corrected chi connectivity index (χ1v) is 7.33. The second-order valence-corrected chi connectivity index (χ2v) is 5.33. The smallest absolute Gasteiger partial charge is 0.292 e. The highest BCUT2D eigenvalue weighted by Crippen LogP contribution is 2.13. The van der Waals surface area contributed by atoms with E-state index in [0.717, 1.165) is 44.0 Å². The van der Waals surface area contributed by atoms with E-state index >= 15 is 0 Å². The Kier molecular flexibility index (Phi) is 4.50. The van der Waals surface area contributed by atoms with E-state index in [2.05, 4.69) is 15.2 Å². The zero-order chi connectivity index (χ0) is 15.4. The first kappa shape index (κ1) is 14.7. The van der Waals surface area contributed by atoms with Crippen LogP contribution in [0, 0.1) is 6.92 Å². The van der Waals surface area contributed by atoms with Crippen molar-refractivity contribution in [1.82, 2.24) is 9.88 Å². The van der Waals surface area contributed by atoms with Crippen LogP contribution in [0.15, 0.2) is 35.1 Å². The number of aryl methyl sites for hydroxylation is 1. The Morgan fingerprint density at radius 2 is 2.14 bits per heavy atom. The average molecular weight is 301 g/mol. The Hall–Kier alpha value is -2.18. The summed E-state index contributed by atoms with van der Waals surface area (Å²) in [5.74, 6) is 0.557. The van der Waals surface area contributed by atoms with Crippen LogP contribution in [0.1, 0.15) is 21.7 Å². The number of carbonyl (C=O) groups excluding carboxylic acids is 1. The molecule has 0 bridgehead atoms. The number of pyridine rings is 1. The Morgan fingerprint density at radius 1 is 1.32 bits per heavy atom. The highest BCUT2D eigenvalue weighted by molar-refractivity contribution is 6.02. The van der Waals surface area contributed by atoms with Crippen LogP contribution in [0.4, 0.5) is 5.82 Å². The molecule has 3 heterocycles. The van der Waals surface area contributed by atoms with Crippen molar-refractivity contribution in [2.75, 3.05) is 31.6 Å². The van der Waals surface area contributed by atoms with Gasteiger partial charge >= 0.3 is 0 Å². The van der Waals surface area contributed by atoms with Gasteiger partial charge in [-0.15, -0.1) is 0 Å². The summed E-state index contributed by atoms with van der Waals surface area (Å²) in [6.07, 6.45) is 3.29. The zero-order valence-electron chi connectivity index (χ0n) is 12.5. The summed E-state index contributed by atoms with van der Waals surface area (Å²) in [7, 11) is 0. The van der Waals surface area contributed by atoms with Crippen LogP contribution in [-0.2, 0) is 11.3 Å². The number of amides is 1. The summed E-state index contributed by atoms with van der Waals surface area (Å²) < 4.78 is 10.5. The van der Waals surface area contributed by atoms with E-state index in [1.165, 1.54) is 6.26 Å². The molecule has 0 unspecified atom stereocenters. The number of aromatic nitrogens is 1. The summed E-state index contributed by atoms with van der Waals surface area (Å²) in [5, 5.41) is 2.74. The van der Waals surface area contributed by atoms with Gasteiger partial charge in [0.2, 0.25) is 0 Å². The van der Waals surface area contributed by atoms with Gasteiger partial charge in [-0.1, -0.05) is 6.07 Å². The highest BCUT2D eigenvalue weighted by atomic mass is 16.5. The van der Waals surface area contributed by atoms with Crippen molar-refractivity contribution in [3.63, 3.8) is 0 Å². The quantitative estimate of drug-likeness (QED) is 0.936. The molecule has 3 rings (SSSR count). The van der Waals surface area contributed by atoms with Gasteiger partial charge in [0.1, 0.15) is 5.82 Å². The van der Waals surface area contributed by atoms with E-state index in [1.807, 2.05) is 19.1 Å². The number of morpholine rings is 1. The number of hydrogen-bond acceptors (Lipinski definition) is 5. The number of nitrogens with one attached hydrogen (secondary N) is 1. The van der Waals surface area contributed by atoms with E-state index in [9.17, 15) is 4.79 Å². The van der Waals surface area contributed by atoms with Crippen molar-refractivity contribution >= 4 is 11.7 Å². The third kappa shape index (κ3) is 3.52. The predicted molar refractivity (Wildman–Crippen MR) is 81.7 cm³/mol. The number of carbonyl (C=O) groups is 1. The Bertz CT molecular complexity index is 630. The lowest BCUT2D eigenvalue weighted by Crippen LogP contribution is -2.35. The monoisotopic (exact) mass is 301 g/mol. The molecule has 0 radical (unpaired) electrons. The van der Waals surface area contributed by atoms with Gasteiger partial charge in [-0.05, 0) is 24.6 Å². The van der Waals surface area contributed by atoms with Crippen molar-refractivity contribution < 1.29 is 13.9 Å². The molecule has 0 aromatic carbocycles. The molecule has 0 atom stereocenters. The first-order chi connectivity index (χ1) is 10.7. The standard InChI is InChI=1S/C16H19N3O3/c1-12-4-7-22-15(12)16(20)18-14-3-2-13(10-17-14)11-19-5-8-21-9-6-19/h2-4,7,10H,5-6,8-9,11H2,1H3,(H,17,18,20). The van der Waals surface area contributed by atoms with E-state index < -0.39 is 0 Å². The van der Waals surface area contributed by atoms with Gasteiger partial charge in [0.15, 0.2) is 5.76 Å². The van der Waals surface area contributed by atoms with Crippen molar-refractivity contribution in [1.29, 1.82) is 0 Å². The lowest BCUT2D eigenvalue weighted by molar-refractivity contribution is 0.0341. The largest absolute Gasteiger partial charge is 0.459 e. The van der Waals surface area contributed by atoms with Crippen molar-refractivity contribution in [3.05, 3.63) is 47.5 Å². The minimum atomic E-state index is -0.282. The third-order valence-corrected chi connectivity index (χ3v) is 3.64. The zero-order valence-corrected chi connectivity index (χ0v) is 12.5. The maximum Gasteiger partial charge on any atom is 0.292 e. The van der Waals surface area contributed by atoms with Crippen molar-refractivity contribution in [3.8, 4) is 0 Å². The molecular formula is C16H19N3O3. The second kappa shape index (κ2) is 6.72.